The molecule has 0 bridgehead atoms. The molecule has 0 saturated heterocycles. The van der Waals surface area contributed by atoms with Crippen LogP contribution in [0, 0.1) is 20.2 Å². The van der Waals surface area contributed by atoms with Gasteiger partial charge in [-0.25, -0.2) is 0 Å². The van der Waals surface area contributed by atoms with Crippen molar-refractivity contribution in [1.29, 1.82) is 0 Å². The number of non-ortho nitro benzene ring substituents is 1. The van der Waals surface area contributed by atoms with Gasteiger partial charge in [-0.15, -0.1) is 0 Å². The number of nitrogens with two attached hydrogens (primary N) is 1. The summed E-state index contributed by atoms with van der Waals surface area (Å²) in [7, 11) is 0. The molecule has 1 atom stereocenters. The molecule has 0 saturated carbocycles. The zero-order valence-electron chi connectivity index (χ0n) is 8.62. The normalized spacial score (nSPS) is 12.1. The summed E-state index contributed by atoms with van der Waals surface area (Å²) in [5, 5.41) is 21.2. The molecule has 86 valence electrons. The molecule has 7 heteroatoms. The average molecular weight is 225 g/mol. The topological polar surface area (TPSA) is 112 Å². The van der Waals surface area contributed by atoms with E-state index in [9.17, 15) is 20.2 Å². The highest BCUT2D eigenvalue weighted by atomic mass is 16.6. The number of benzene rings is 1. The third-order valence-electron chi connectivity index (χ3n) is 2.02. The van der Waals surface area contributed by atoms with Crippen molar-refractivity contribution in [2.24, 2.45) is 5.73 Å². The lowest BCUT2D eigenvalue weighted by Crippen LogP contribution is -2.18. The number of nitro benzene ring substituents is 2. The highest BCUT2D eigenvalue weighted by molar-refractivity contribution is 5.49. The molecule has 0 aliphatic rings. The van der Waals surface area contributed by atoms with E-state index in [1.165, 1.54) is 12.1 Å². The van der Waals surface area contributed by atoms with Crippen molar-refractivity contribution in [2.45, 2.75) is 19.4 Å². The van der Waals surface area contributed by atoms with Crippen LogP contribution in [0.5, 0.6) is 0 Å². The molecule has 1 rings (SSSR count). The first-order chi connectivity index (χ1) is 7.41. The van der Waals surface area contributed by atoms with Crippen molar-refractivity contribution in [3.8, 4) is 0 Å². The van der Waals surface area contributed by atoms with Crippen LogP contribution in [0.3, 0.4) is 0 Å². The van der Waals surface area contributed by atoms with Crippen LogP contribution in [-0.4, -0.2) is 15.9 Å². The molecule has 0 heterocycles. The molecule has 1 aromatic rings. The first-order valence-electron chi connectivity index (χ1n) is 4.59. The van der Waals surface area contributed by atoms with Crippen LogP contribution in [0.15, 0.2) is 18.2 Å². The van der Waals surface area contributed by atoms with Crippen molar-refractivity contribution < 1.29 is 9.85 Å². The van der Waals surface area contributed by atoms with Crippen LogP contribution in [-0.2, 0) is 6.42 Å². The molecule has 0 aromatic heterocycles. The Morgan fingerprint density at radius 1 is 1.31 bits per heavy atom. The third kappa shape index (κ3) is 2.74. The fourth-order valence-electron chi connectivity index (χ4n) is 1.36. The molecule has 0 aliphatic carbocycles. The van der Waals surface area contributed by atoms with E-state index >= 15 is 0 Å². The first-order valence-corrected chi connectivity index (χ1v) is 4.59. The number of nitro groups is 2. The summed E-state index contributed by atoms with van der Waals surface area (Å²) in [4.78, 5) is 19.9. The monoisotopic (exact) mass is 225 g/mol. The quantitative estimate of drug-likeness (QED) is 0.614. The van der Waals surface area contributed by atoms with Gasteiger partial charge in [0.2, 0.25) is 0 Å². The number of rotatable bonds is 4. The Morgan fingerprint density at radius 2 is 1.94 bits per heavy atom. The van der Waals surface area contributed by atoms with Gasteiger partial charge in [0.05, 0.1) is 15.9 Å². The minimum Gasteiger partial charge on any atom is -0.328 e. The molecule has 0 spiro atoms. The molecule has 2 N–H and O–H groups in total. The zero-order valence-corrected chi connectivity index (χ0v) is 8.62. The molecular weight excluding hydrogens is 214 g/mol. The average Bonchev–Trinajstić information content (AvgIpc) is 2.16. The maximum absolute atomic E-state index is 10.7. The highest BCUT2D eigenvalue weighted by Gasteiger charge is 2.19. The van der Waals surface area contributed by atoms with E-state index in [0.29, 0.717) is 12.0 Å². The van der Waals surface area contributed by atoms with E-state index in [4.69, 9.17) is 5.73 Å². The molecule has 1 unspecified atom stereocenters. The van der Waals surface area contributed by atoms with Crippen molar-refractivity contribution in [1.82, 2.24) is 0 Å². The molecule has 16 heavy (non-hydrogen) atoms. The Balaban J connectivity index is 3.19. The Labute approximate surface area is 91.2 Å². The summed E-state index contributed by atoms with van der Waals surface area (Å²) in [5.41, 5.74) is 5.39. The highest BCUT2D eigenvalue weighted by Crippen LogP contribution is 2.25. The summed E-state index contributed by atoms with van der Waals surface area (Å²) in [6, 6.07) is 3.34. The number of hydrogen-bond donors (Lipinski definition) is 1. The molecule has 7 nitrogen and oxygen atoms in total. The lowest BCUT2D eigenvalue weighted by Gasteiger charge is -2.05. The SMILES string of the molecule is CC(N)Cc1ccc([N+](=O)[O-])cc1[N+](=O)[O-]. The summed E-state index contributed by atoms with van der Waals surface area (Å²) < 4.78 is 0. The van der Waals surface area contributed by atoms with Gasteiger partial charge in [0.1, 0.15) is 0 Å². The maximum Gasteiger partial charge on any atom is 0.279 e. The predicted molar refractivity (Wildman–Crippen MR) is 57.1 cm³/mol. The zero-order chi connectivity index (χ0) is 12.3. The van der Waals surface area contributed by atoms with Gasteiger partial charge in [-0.05, 0) is 19.4 Å². The Hall–Kier alpha value is -2.02. The second-order valence-corrected chi connectivity index (χ2v) is 3.51. The largest absolute Gasteiger partial charge is 0.328 e. The molecule has 0 amide bonds. The Kier molecular flexibility index (Phi) is 3.51. The molecule has 0 fully saturated rings. The minimum absolute atomic E-state index is 0.236. The van der Waals surface area contributed by atoms with Gasteiger partial charge in [-0.1, -0.05) is 0 Å². The van der Waals surface area contributed by atoms with E-state index in [1.54, 1.807) is 6.92 Å². The van der Waals surface area contributed by atoms with Gasteiger partial charge in [-0.2, -0.15) is 0 Å². The van der Waals surface area contributed by atoms with Crippen LogP contribution in [0.4, 0.5) is 11.4 Å². The van der Waals surface area contributed by atoms with Crippen LogP contribution >= 0.6 is 0 Å². The van der Waals surface area contributed by atoms with Crippen molar-refractivity contribution in [2.75, 3.05) is 0 Å². The van der Waals surface area contributed by atoms with Crippen molar-refractivity contribution >= 4 is 11.4 Å². The molecule has 1 aromatic carbocycles. The van der Waals surface area contributed by atoms with Gasteiger partial charge >= 0.3 is 0 Å². The van der Waals surface area contributed by atoms with Crippen molar-refractivity contribution in [3.05, 3.63) is 44.0 Å². The lowest BCUT2D eigenvalue weighted by atomic mass is 10.1. The van der Waals surface area contributed by atoms with Gasteiger partial charge in [0, 0.05) is 17.7 Å². The second-order valence-electron chi connectivity index (χ2n) is 3.51. The predicted octanol–water partition coefficient (Wildman–Crippen LogP) is 1.39. The molecule has 0 aliphatic heterocycles. The van der Waals surface area contributed by atoms with Crippen LogP contribution < -0.4 is 5.73 Å². The fraction of sp³-hybridized carbons (Fsp3) is 0.333. The van der Waals surface area contributed by atoms with Crippen molar-refractivity contribution in [3.63, 3.8) is 0 Å². The molecule has 0 radical (unpaired) electrons. The van der Waals surface area contributed by atoms with E-state index < -0.39 is 9.85 Å². The van der Waals surface area contributed by atoms with Gasteiger partial charge in [0.15, 0.2) is 0 Å². The fourth-order valence-corrected chi connectivity index (χ4v) is 1.36. The lowest BCUT2D eigenvalue weighted by molar-refractivity contribution is -0.394. The van der Waals surface area contributed by atoms with E-state index in [1.807, 2.05) is 0 Å². The number of nitrogens with zero attached hydrogens (tertiary/aromatic N) is 2. The van der Waals surface area contributed by atoms with E-state index in [-0.39, 0.29) is 17.4 Å². The maximum atomic E-state index is 10.7. The molecular formula is C9H11N3O4. The Morgan fingerprint density at radius 3 is 2.38 bits per heavy atom. The summed E-state index contributed by atoms with van der Waals surface area (Å²) in [5.74, 6) is 0. The summed E-state index contributed by atoms with van der Waals surface area (Å²) in [6.45, 7) is 1.71. The second kappa shape index (κ2) is 4.67. The van der Waals surface area contributed by atoms with E-state index in [2.05, 4.69) is 0 Å². The minimum atomic E-state index is -0.664. The van der Waals surface area contributed by atoms with E-state index in [0.717, 1.165) is 6.07 Å². The third-order valence-corrected chi connectivity index (χ3v) is 2.02. The van der Waals surface area contributed by atoms with Crippen LogP contribution in [0.2, 0.25) is 0 Å². The van der Waals surface area contributed by atoms with Crippen LogP contribution in [0.1, 0.15) is 12.5 Å². The summed E-state index contributed by atoms with van der Waals surface area (Å²) in [6.07, 6.45) is 0.314. The smallest absolute Gasteiger partial charge is 0.279 e. The van der Waals surface area contributed by atoms with Gasteiger partial charge < -0.3 is 5.73 Å². The van der Waals surface area contributed by atoms with Gasteiger partial charge in [-0.3, -0.25) is 20.2 Å². The Bertz CT molecular complexity index is 431. The number of hydrogen-bond acceptors (Lipinski definition) is 5. The van der Waals surface area contributed by atoms with Crippen LogP contribution in [0.25, 0.3) is 0 Å². The standard InChI is InChI=1S/C9H11N3O4/c1-6(10)4-7-2-3-8(11(13)14)5-9(7)12(15)16/h2-3,5-6H,4,10H2,1H3. The first kappa shape index (κ1) is 12.1. The summed E-state index contributed by atoms with van der Waals surface area (Å²) >= 11 is 0. The van der Waals surface area contributed by atoms with Gasteiger partial charge in [0.25, 0.3) is 11.4 Å².